The molecular formula is C29H27FN4O2. The van der Waals surface area contributed by atoms with Crippen LogP contribution in [0, 0.1) is 22.6 Å². The molecule has 0 spiro atoms. The molecule has 6 nitrogen and oxygen atoms in total. The number of carbonyl (C=O) groups is 1. The van der Waals surface area contributed by atoms with Crippen LogP contribution in [0.3, 0.4) is 0 Å². The van der Waals surface area contributed by atoms with Crippen LogP contribution in [0.2, 0.25) is 0 Å². The third-order valence-corrected chi connectivity index (χ3v) is 6.61. The van der Waals surface area contributed by atoms with Crippen molar-refractivity contribution in [1.82, 2.24) is 4.57 Å². The van der Waals surface area contributed by atoms with E-state index in [1.807, 2.05) is 30.5 Å². The van der Waals surface area contributed by atoms with Gasteiger partial charge in [0.1, 0.15) is 5.82 Å². The zero-order valence-electron chi connectivity index (χ0n) is 20.2. The molecule has 0 radical (unpaired) electrons. The molecule has 0 bridgehead atoms. The molecule has 0 unspecified atom stereocenters. The highest BCUT2D eigenvalue weighted by Crippen LogP contribution is 2.56. The van der Waals surface area contributed by atoms with Gasteiger partial charge in [0, 0.05) is 51.6 Å². The summed E-state index contributed by atoms with van der Waals surface area (Å²) in [5.41, 5.74) is 11.2. The lowest BCUT2D eigenvalue weighted by molar-refractivity contribution is 0.0697. The first-order valence-corrected chi connectivity index (χ1v) is 11.8. The summed E-state index contributed by atoms with van der Waals surface area (Å²) < 4.78 is 15.8. The van der Waals surface area contributed by atoms with Gasteiger partial charge in [-0.2, -0.15) is 5.26 Å². The van der Waals surface area contributed by atoms with Gasteiger partial charge in [-0.25, -0.2) is 9.18 Å². The van der Waals surface area contributed by atoms with Crippen LogP contribution in [-0.4, -0.2) is 21.9 Å². The zero-order chi connectivity index (χ0) is 26.0. The Kier molecular flexibility index (Phi) is 6.63. The fourth-order valence-corrected chi connectivity index (χ4v) is 4.72. The Balaban J connectivity index is 0.00000148. The summed E-state index contributed by atoms with van der Waals surface area (Å²) in [4.78, 5) is 11.4. The van der Waals surface area contributed by atoms with E-state index in [0.29, 0.717) is 17.7 Å². The predicted molar refractivity (Wildman–Crippen MR) is 140 cm³/mol. The number of benzene rings is 3. The summed E-state index contributed by atoms with van der Waals surface area (Å²) in [5.74, 6) is -1.36. The molecule has 7 heteroatoms. The number of carboxylic acid groups (broad SMARTS) is 1. The van der Waals surface area contributed by atoms with Crippen LogP contribution in [0.5, 0.6) is 0 Å². The Bertz CT molecular complexity index is 1490. The van der Waals surface area contributed by atoms with Crippen LogP contribution >= 0.6 is 0 Å². The first-order chi connectivity index (χ1) is 17.4. The Hall–Kier alpha value is -4.44. The number of carboxylic acids is 1. The lowest BCUT2D eigenvalue weighted by Crippen LogP contribution is -2.13. The van der Waals surface area contributed by atoms with E-state index in [4.69, 9.17) is 11.1 Å². The number of nitrogens with zero attached hydrogens (tertiary/aromatic N) is 2. The average Bonchev–Trinajstić information content (AvgIpc) is 3.59. The number of nitrogens with two attached hydrogens (primary N) is 1. The number of aromatic nitrogens is 1. The maximum Gasteiger partial charge on any atom is 0.335 e. The van der Waals surface area contributed by atoms with Crippen molar-refractivity contribution in [1.29, 1.82) is 10.7 Å². The molecule has 0 amide bonds. The molecule has 1 aliphatic carbocycles. The van der Waals surface area contributed by atoms with E-state index in [1.165, 1.54) is 18.3 Å². The molecule has 4 aromatic rings. The Morgan fingerprint density at radius 1 is 1.17 bits per heavy atom. The van der Waals surface area contributed by atoms with E-state index in [0.717, 1.165) is 46.3 Å². The average molecular weight is 483 g/mol. The van der Waals surface area contributed by atoms with Gasteiger partial charge in [0.25, 0.3) is 0 Å². The van der Waals surface area contributed by atoms with Crippen molar-refractivity contribution >= 4 is 28.8 Å². The van der Waals surface area contributed by atoms with Gasteiger partial charge < -0.3 is 20.8 Å². The maximum atomic E-state index is 13.8. The van der Waals surface area contributed by atoms with Gasteiger partial charge in [0.2, 0.25) is 0 Å². The maximum absolute atomic E-state index is 13.8. The molecule has 0 aliphatic heterocycles. The molecule has 0 saturated heterocycles. The van der Waals surface area contributed by atoms with E-state index >= 15 is 0 Å². The highest BCUT2D eigenvalue weighted by Gasteiger charge is 2.49. The largest absolute Gasteiger partial charge is 0.478 e. The summed E-state index contributed by atoms with van der Waals surface area (Å²) >= 11 is 0. The van der Waals surface area contributed by atoms with E-state index in [-0.39, 0.29) is 16.8 Å². The number of hydrogen-bond donors (Lipinski definition) is 3. The summed E-state index contributed by atoms with van der Waals surface area (Å²) in [7, 11) is 0. The minimum Gasteiger partial charge on any atom is -0.478 e. The van der Waals surface area contributed by atoms with Crippen molar-refractivity contribution in [3.63, 3.8) is 0 Å². The summed E-state index contributed by atoms with van der Waals surface area (Å²) in [6.45, 7) is 4.00. The number of hydrogen-bond acceptors (Lipinski definition) is 4. The quantitative estimate of drug-likeness (QED) is 0.210. The first kappa shape index (κ1) is 24.7. The molecular weight excluding hydrogens is 455 g/mol. The van der Waals surface area contributed by atoms with Gasteiger partial charge in [0.15, 0.2) is 0 Å². The molecule has 1 fully saturated rings. The van der Waals surface area contributed by atoms with Crippen molar-refractivity contribution in [2.75, 3.05) is 5.73 Å². The third kappa shape index (κ3) is 4.11. The third-order valence-electron chi connectivity index (χ3n) is 6.61. The molecule has 5 rings (SSSR count). The number of nitrogens with one attached hydrogen (secondary N) is 1. The topological polar surface area (TPSA) is 116 Å². The molecule has 1 saturated carbocycles. The zero-order valence-corrected chi connectivity index (χ0v) is 20.2. The fourth-order valence-electron chi connectivity index (χ4n) is 4.72. The molecule has 0 atom stereocenters. The lowest BCUT2D eigenvalue weighted by atomic mass is 9.90. The standard InChI is InChI=1S/C27H21FN4O2.C2H6/c28-19-5-7-20(8-6-19)32-23-13-18(15-30)22(31)14-21(23)24(25(32)27(9-10-27)11-12-29)16-1-3-17(4-2-16)26(33)34;1-2/h1-8,13-15,30H,9-11,31H2,(H,33,34);1-2H3. The van der Waals surface area contributed by atoms with Crippen LogP contribution in [0.4, 0.5) is 10.1 Å². The summed E-state index contributed by atoms with van der Waals surface area (Å²) in [5, 5.41) is 27.6. The molecule has 36 heavy (non-hydrogen) atoms. The van der Waals surface area contributed by atoms with Crippen LogP contribution in [0.1, 0.15) is 54.7 Å². The normalized spacial score (nSPS) is 13.4. The van der Waals surface area contributed by atoms with E-state index in [2.05, 4.69) is 6.07 Å². The number of fused-ring (bicyclic) bond motifs is 1. The van der Waals surface area contributed by atoms with Gasteiger partial charge in [-0.1, -0.05) is 26.0 Å². The molecule has 3 aromatic carbocycles. The monoisotopic (exact) mass is 482 g/mol. The molecule has 4 N–H and O–H groups in total. The number of halogens is 1. The number of anilines is 1. The molecule has 1 aromatic heterocycles. The first-order valence-electron chi connectivity index (χ1n) is 11.8. The van der Waals surface area contributed by atoms with Crippen molar-refractivity contribution in [2.45, 2.75) is 38.5 Å². The SMILES string of the molecule is CC.N#CCC1(c2c(-c3ccc(C(=O)O)cc3)c3cc(N)c(C=N)cc3n2-c2ccc(F)cc2)CC1. The number of nitrogen functional groups attached to an aromatic ring is 1. The fraction of sp³-hybridized carbons (Fsp3) is 0.207. The van der Waals surface area contributed by atoms with Gasteiger partial charge in [-0.05, 0) is 66.9 Å². The van der Waals surface area contributed by atoms with Crippen LogP contribution in [0.25, 0.3) is 27.7 Å². The number of aromatic carboxylic acids is 1. The smallest absolute Gasteiger partial charge is 0.335 e. The van der Waals surface area contributed by atoms with Gasteiger partial charge >= 0.3 is 5.97 Å². The highest BCUT2D eigenvalue weighted by molar-refractivity contribution is 6.05. The summed E-state index contributed by atoms with van der Waals surface area (Å²) in [6, 6.07) is 18.8. The van der Waals surface area contributed by atoms with Crippen LogP contribution in [-0.2, 0) is 5.41 Å². The Morgan fingerprint density at radius 2 is 1.81 bits per heavy atom. The van der Waals surface area contributed by atoms with Crippen molar-refractivity contribution < 1.29 is 14.3 Å². The van der Waals surface area contributed by atoms with Crippen molar-refractivity contribution in [2.24, 2.45) is 0 Å². The second kappa shape index (κ2) is 9.67. The van der Waals surface area contributed by atoms with E-state index in [1.54, 1.807) is 36.4 Å². The van der Waals surface area contributed by atoms with E-state index < -0.39 is 5.97 Å². The minimum absolute atomic E-state index is 0.177. The van der Waals surface area contributed by atoms with Crippen LogP contribution in [0.15, 0.2) is 60.7 Å². The molecule has 1 aliphatic rings. The predicted octanol–water partition coefficient (Wildman–Crippen LogP) is 6.69. The second-order valence-corrected chi connectivity index (χ2v) is 8.68. The highest BCUT2D eigenvalue weighted by atomic mass is 19.1. The molecule has 1 heterocycles. The lowest BCUT2D eigenvalue weighted by Gasteiger charge is -2.19. The van der Waals surface area contributed by atoms with Gasteiger partial charge in [-0.3, -0.25) is 0 Å². The van der Waals surface area contributed by atoms with Crippen molar-refractivity contribution in [3.05, 3.63) is 83.3 Å². The summed E-state index contributed by atoms with van der Waals surface area (Å²) in [6.07, 6.45) is 3.16. The van der Waals surface area contributed by atoms with E-state index in [9.17, 15) is 19.6 Å². The van der Waals surface area contributed by atoms with Crippen molar-refractivity contribution in [3.8, 4) is 22.9 Å². The van der Waals surface area contributed by atoms with Gasteiger partial charge in [-0.15, -0.1) is 0 Å². The Labute approximate surface area is 208 Å². The minimum atomic E-state index is -1.01. The van der Waals surface area contributed by atoms with Crippen LogP contribution < -0.4 is 5.73 Å². The number of nitriles is 1. The molecule has 182 valence electrons. The Morgan fingerprint density at radius 3 is 2.33 bits per heavy atom. The number of rotatable bonds is 6. The second-order valence-electron chi connectivity index (χ2n) is 8.68. The van der Waals surface area contributed by atoms with Gasteiger partial charge in [0.05, 0.1) is 17.1 Å².